The van der Waals surface area contributed by atoms with Crippen LogP contribution in [0.3, 0.4) is 0 Å². The summed E-state index contributed by atoms with van der Waals surface area (Å²) >= 11 is 0. The highest BCUT2D eigenvalue weighted by molar-refractivity contribution is 5.54. The van der Waals surface area contributed by atoms with Crippen LogP contribution in [-0.4, -0.2) is 49.1 Å². The molecule has 2 aliphatic carbocycles. The van der Waals surface area contributed by atoms with Gasteiger partial charge in [-0.15, -0.1) is 0 Å². The van der Waals surface area contributed by atoms with E-state index in [1.807, 2.05) is 27.0 Å². The lowest BCUT2D eigenvalue weighted by atomic mass is 9.61. The molecule has 0 amide bonds. The maximum atomic E-state index is 10.7. The third-order valence-electron chi connectivity index (χ3n) is 6.49. The van der Waals surface area contributed by atoms with Crippen LogP contribution in [0.15, 0.2) is 12.1 Å². The zero-order chi connectivity index (χ0) is 20.8. The Labute approximate surface area is 171 Å². The summed E-state index contributed by atoms with van der Waals surface area (Å²) in [6.07, 6.45) is 3.96. The molecule has 2 heterocycles. The average Bonchev–Trinajstić information content (AvgIpc) is 3.04. The Bertz CT molecular complexity index is 865. The first-order chi connectivity index (χ1) is 13.7. The van der Waals surface area contributed by atoms with Crippen LogP contribution in [0.1, 0.15) is 50.9 Å². The minimum absolute atomic E-state index is 0.155. The van der Waals surface area contributed by atoms with Gasteiger partial charge in [0.1, 0.15) is 5.82 Å². The monoisotopic (exact) mass is 400 g/mol. The summed E-state index contributed by atoms with van der Waals surface area (Å²) in [6.45, 7) is 6.04. The number of nitrogens with one attached hydrogen (secondary N) is 2. The van der Waals surface area contributed by atoms with Gasteiger partial charge in [0.15, 0.2) is 5.82 Å². The molecule has 2 fully saturated rings. The smallest absolute Gasteiger partial charge is 0.227 e. The van der Waals surface area contributed by atoms with E-state index in [1.165, 1.54) is 0 Å². The first kappa shape index (κ1) is 20.1. The second-order valence-corrected chi connectivity index (χ2v) is 9.35. The van der Waals surface area contributed by atoms with Crippen molar-refractivity contribution < 1.29 is 10.2 Å². The van der Waals surface area contributed by atoms with Gasteiger partial charge in [0.2, 0.25) is 5.95 Å². The van der Waals surface area contributed by atoms with Gasteiger partial charge >= 0.3 is 0 Å². The van der Waals surface area contributed by atoms with E-state index in [2.05, 4.69) is 32.3 Å². The predicted molar refractivity (Wildman–Crippen MR) is 112 cm³/mol. The number of fused-ring (bicyclic) bond motifs is 2. The minimum Gasteiger partial charge on any atom is -0.390 e. The number of hydrogen-bond donors (Lipinski definition) is 4. The molecule has 0 radical (unpaired) electrons. The van der Waals surface area contributed by atoms with Crippen LogP contribution < -0.4 is 10.2 Å². The number of hydrogen-bond acceptors (Lipinski definition) is 7. The SMILES string of the molecule is Cc1cc(Nc2cc(CO)nc(N(C)C3C(C)CC4CC3CC(C)(O)C4)n2)n[nH]1. The van der Waals surface area contributed by atoms with Gasteiger partial charge in [-0.05, 0) is 57.3 Å². The highest BCUT2D eigenvalue weighted by Gasteiger charge is 2.46. The van der Waals surface area contributed by atoms with Gasteiger partial charge in [-0.1, -0.05) is 6.92 Å². The van der Waals surface area contributed by atoms with Crippen LogP contribution in [0.5, 0.6) is 0 Å². The van der Waals surface area contributed by atoms with Crippen molar-refractivity contribution in [1.82, 2.24) is 20.2 Å². The highest BCUT2D eigenvalue weighted by Crippen LogP contribution is 2.48. The van der Waals surface area contributed by atoms with E-state index in [4.69, 9.17) is 4.98 Å². The number of aromatic nitrogens is 4. The first-order valence-electron chi connectivity index (χ1n) is 10.5. The molecule has 8 heteroatoms. The predicted octanol–water partition coefficient (Wildman–Crippen LogP) is 2.76. The Morgan fingerprint density at radius 2 is 2.03 bits per heavy atom. The Morgan fingerprint density at radius 1 is 1.24 bits per heavy atom. The lowest BCUT2D eigenvalue weighted by Crippen LogP contribution is -2.53. The van der Waals surface area contributed by atoms with E-state index >= 15 is 0 Å². The second kappa shape index (κ2) is 7.57. The largest absolute Gasteiger partial charge is 0.390 e. The fraction of sp³-hybridized carbons (Fsp3) is 0.667. The zero-order valence-electron chi connectivity index (χ0n) is 17.7. The number of aliphatic hydroxyl groups excluding tert-OH is 1. The quantitative estimate of drug-likeness (QED) is 0.611. The molecule has 0 aromatic carbocycles. The number of nitrogens with zero attached hydrogens (tertiary/aromatic N) is 4. The van der Waals surface area contributed by atoms with Gasteiger partial charge < -0.3 is 20.4 Å². The van der Waals surface area contributed by atoms with E-state index in [-0.39, 0.29) is 12.6 Å². The van der Waals surface area contributed by atoms with E-state index < -0.39 is 5.60 Å². The fourth-order valence-corrected chi connectivity index (χ4v) is 5.67. The topological polar surface area (TPSA) is 110 Å². The summed E-state index contributed by atoms with van der Waals surface area (Å²) in [4.78, 5) is 11.4. The Morgan fingerprint density at radius 3 is 2.72 bits per heavy atom. The van der Waals surface area contributed by atoms with Gasteiger partial charge in [0, 0.05) is 30.9 Å². The van der Waals surface area contributed by atoms with Crippen LogP contribution in [0, 0.1) is 24.7 Å². The van der Waals surface area contributed by atoms with Gasteiger partial charge in [0.05, 0.1) is 17.9 Å². The van der Waals surface area contributed by atoms with Crippen molar-refractivity contribution in [1.29, 1.82) is 0 Å². The van der Waals surface area contributed by atoms with Crippen LogP contribution in [-0.2, 0) is 6.61 Å². The van der Waals surface area contributed by atoms with Crippen molar-refractivity contribution in [3.63, 3.8) is 0 Å². The summed E-state index contributed by atoms with van der Waals surface area (Å²) in [5.74, 6) is 3.36. The maximum Gasteiger partial charge on any atom is 0.227 e. The van der Waals surface area contributed by atoms with Gasteiger partial charge in [-0.2, -0.15) is 10.1 Å². The Balaban J connectivity index is 1.61. The molecule has 2 aromatic rings. The molecule has 29 heavy (non-hydrogen) atoms. The maximum absolute atomic E-state index is 10.7. The summed E-state index contributed by atoms with van der Waals surface area (Å²) in [5, 5.41) is 30.7. The number of aromatic amines is 1. The lowest BCUT2D eigenvalue weighted by Gasteiger charge is -2.51. The second-order valence-electron chi connectivity index (χ2n) is 9.35. The summed E-state index contributed by atoms with van der Waals surface area (Å²) < 4.78 is 0. The zero-order valence-corrected chi connectivity index (χ0v) is 17.7. The molecule has 4 rings (SSSR count). The molecule has 4 N–H and O–H groups in total. The van der Waals surface area contributed by atoms with E-state index in [0.29, 0.717) is 41.0 Å². The van der Waals surface area contributed by atoms with Crippen molar-refractivity contribution in [2.75, 3.05) is 17.3 Å². The lowest BCUT2D eigenvalue weighted by molar-refractivity contribution is -0.0534. The van der Waals surface area contributed by atoms with Crippen molar-refractivity contribution >= 4 is 17.6 Å². The minimum atomic E-state index is -0.592. The summed E-state index contributed by atoms with van der Waals surface area (Å²) in [6, 6.07) is 3.90. The molecular formula is C21H32N6O2. The molecule has 5 unspecified atom stereocenters. The molecule has 158 valence electrons. The van der Waals surface area contributed by atoms with Crippen molar-refractivity contribution in [3.05, 3.63) is 23.5 Å². The molecule has 2 aliphatic rings. The van der Waals surface area contributed by atoms with Crippen LogP contribution in [0.4, 0.5) is 17.6 Å². The third kappa shape index (κ3) is 4.23. The van der Waals surface area contributed by atoms with E-state index in [0.717, 1.165) is 31.4 Å². The van der Waals surface area contributed by atoms with Crippen LogP contribution in [0.25, 0.3) is 0 Å². The van der Waals surface area contributed by atoms with Crippen LogP contribution >= 0.6 is 0 Å². The molecular weight excluding hydrogens is 368 g/mol. The summed E-state index contributed by atoms with van der Waals surface area (Å²) in [7, 11) is 2.03. The van der Waals surface area contributed by atoms with Crippen LogP contribution in [0.2, 0.25) is 0 Å². The summed E-state index contributed by atoms with van der Waals surface area (Å²) in [5.41, 5.74) is 0.926. The molecule has 0 aliphatic heterocycles. The average molecular weight is 401 g/mol. The standard InChI is InChI=1S/C21H32N6O2/c1-12-5-14-7-15(10-21(3,29)9-14)19(12)27(4)20-22-16(11-28)8-17(24-20)23-18-6-13(2)25-26-18/h6,8,12,14-15,19,28-29H,5,7,9-11H2,1-4H3,(H2,22,23,24,25,26). The number of H-pyrrole nitrogens is 1. The van der Waals surface area contributed by atoms with Crippen molar-refractivity contribution in [2.45, 2.75) is 64.7 Å². The molecule has 5 atom stereocenters. The van der Waals surface area contributed by atoms with Crippen molar-refractivity contribution in [2.24, 2.45) is 17.8 Å². The van der Waals surface area contributed by atoms with E-state index in [9.17, 15) is 10.2 Å². The molecule has 2 bridgehead atoms. The third-order valence-corrected chi connectivity index (χ3v) is 6.49. The normalized spacial score (nSPS) is 31.5. The van der Waals surface area contributed by atoms with Gasteiger partial charge in [-0.25, -0.2) is 4.98 Å². The fourth-order valence-electron chi connectivity index (χ4n) is 5.67. The van der Waals surface area contributed by atoms with E-state index in [1.54, 1.807) is 6.07 Å². The van der Waals surface area contributed by atoms with Gasteiger partial charge in [-0.3, -0.25) is 5.10 Å². The molecule has 2 aromatic heterocycles. The first-order valence-corrected chi connectivity index (χ1v) is 10.5. The highest BCUT2D eigenvalue weighted by atomic mass is 16.3. The number of aryl methyl sites for hydroxylation is 1. The van der Waals surface area contributed by atoms with Gasteiger partial charge in [0.25, 0.3) is 0 Å². The Hall–Kier alpha value is -2.19. The number of anilines is 3. The number of rotatable bonds is 5. The molecule has 0 spiro atoms. The molecule has 2 saturated carbocycles. The molecule has 0 saturated heterocycles. The van der Waals surface area contributed by atoms with Crippen molar-refractivity contribution in [3.8, 4) is 0 Å². The number of aliphatic hydroxyl groups is 2. The molecule has 8 nitrogen and oxygen atoms in total. The Kier molecular flexibility index (Phi) is 5.25.